The Hall–Kier alpha value is -0.440. The van der Waals surface area contributed by atoms with Crippen molar-refractivity contribution in [2.24, 2.45) is 0 Å². The van der Waals surface area contributed by atoms with Crippen molar-refractivity contribution in [1.29, 1.82) is 0 Å². The van der Waals surface area contributed by atoms with Crippen LogP contribution >= 0.6 is 11.8 Å². The Bertz CT molecular complexity index is 257. The monoisotopic (exact) mass is 183 g/mol. The van der Waals surface area contributed by atoms with Gasteiger partial charge >= 0.3 is 0 Å². The van der Waals surface area contributed by atoms with E-state index in [0.29, 0.717) is 6.04 Å². The van der Waals surface area contributed by atoms with Crippen LogP contribution in [0.1, 0.15) is 13.8 Å². The van der Waals surface area contributed by atoms with Crippen molar-refractivity contribution in [2.45, 2.75) is 19.9 Å². The van der Waals surface area contributed by atoms with E-state index in [0.717, 1.165) is 23.6 Å². The van der Waals surface area contributed by atoms with Gasteiger partial charge in [-0.15, -0.1) is 0 Å². The van der Waals surface area contributed by atoms with Gasteiger partial charge in [-0.25, -0.2) is 0 Å². The van der Waals surface area contributed by atoms with Gasteiger partial charge in [0.25, 0.3) is 5.91 Å². The van der Waals surface area contributed by atoms with Gasteiger partial charge in [-0.2, -0.15) is 11.8 Å². The van der Waals surface area contributed by atoms with Crippen LogP contribution in [-0.2, 0) is 4.79 Å². The molecule has 0 aromatic rings. The molecule has 0 aliphatic carbocycles. The van der Waals surface area contributed by atoms with Crippen LogP contribution in [0.2, 0.25) is 0 Å². The minimum atomic E-state index is 0.282. The average molecular weight is 183 g/mol. The van der Waals surface area contributed by atoms with Gasteiger partial charge < -0.3 is 4.90 Å². The van der Waals surface area contributed by atoms with E-state index < -0.39 is 0 Å². The summed E-state index contributed by atoms with van der Waals surface area (Å²) in [5, 5.41) is 0. The SMILES string of the molecule is CC(C)N1CC2=C(CSC2)C1=O. The zero-order chi connectivity index (χ0) is 8.72. The number of carbonyl (C=O) groups excluding carboxylic acids is 1. The number of carbonyl (C=O) groups is 1. The smallest absolute Gasteiger partial charge is 0.251 e. The second kappa shape index (κ2) is 2.80. The highest BCUT2D eigenvalue weighted by atomic mass is 32.2. The van der Waals surface area contributed by atoms with Gasteiger partial charge in [-0.05, 0) is 19.4 Å². The van der Waals surface area contributed by atoms with E-state index in [2.05, 4.69) is 13.8 Å². The summed E-state index contributed by atoms with van der Waals surface area (Å²) in [6.45, 7) is 5.04. The lowest BCUT2D eigenvalue weighted by molar-refractivity contribution is -0.126. The van der Waals surface area contributed by atoms with Crippen LogP contribution in [0.4, 0.5) is 0 Å². The fourth-order valence-corrected chi connectivity index (χ4v) is 2.83. The van der Waals surface area contributed by atoms with E-state index in [1.54, 1.807) is 0 Å². The van der Waals surface area contributed by atoms with Crippen molar-refractivity contribution >= 4 is 17.7 Å². The summed E-state index contributed by atoms with van der Waals surface area (Å²) < 4.78 is 0. The molecule has 0 saturated carbocycles. The van der Waals surface area contributed by atoms with E-state index in [1.165, 1.54) is 5.57 Å². The number of hydrogen-bond donors (Lipinski definition) is 0. The second-order valence-electron chi connectivity index (χ2n) is 3.60. The van der Waals surface area contributed by atoms with Crippen LogP contribution in [-0.4, -0.2) is 34.9 Å². The number of amides is 1. The van der Waals surface area contributed by atoms with E-state index in [-0.39, 0.29) is 5.91 Å². The molecule has 66 valence electrons. The first-order chi connectivity index (χ1) is 5.70. The zero-order valence-electron chi connectivity index (χ0n) is 7.46. The Kier molecular flexibility index (Phi) is 1.91. The van der Waals surface area contributed by atoms with E-state index in [9.17, 15) is 4.79 Å². The Labute approximate surface area is 77.0 Å². The minimum absolute atomic E-state index is 0.282. The largest absolute Gasteiger partial charge is 0.332 e. The normalized spacial score (nSPS) is 22.9. The summed E-state index contributed by atoms with van der Waals surface area (Å²) in [6.07, 6.45) is 0. The Morgan fingerprint density at radius 1 is 1.42 bits per heavy atom. The van der Waals surface area contributed by atoms with Gasteiger partial charge in [0.2, 0.25) is 0 Å². The first kappa shape index (κ1) is 8.17. The molecule has 2 aliphatic heterocycles. The highest BCUT2D eigenvalue weighted by Crippen LogP contribution is 2.32. The van der Waals surface area contributed by atoms with Gasteiger partial charge in [-0.3, -0.25) is 4.79 Å². The predicted octanol–water partition coefficient (Wildman–Crippen LogP) is 1.28. The molecule has 0 atom stereocenters. The molecule has 0 radical (unpaired) electrons. The lowest BCUT2D eigenvalue weighted by Crippen LogP contribution is -2.34. The van der Waals surface area contributed by atoms with Gasteiger partial charge in [0.1, 0.15) is 0 Å². The molecule has 0 aromatic heterocycles. The van der Waals surface area contributed by atoms with Gasteiger partial charge in [0.05, 0.1) is 0 Å². The van der Waals surface area contributed by atoms with Gasteiger partial charge in [-0.1, -0.05) is 0 Å². The van der Waals surface area contributed by atoms with Crippen molar-refractivity contribution < 1.29 is 4.79 Å². The van der Waals surface area contributed by atoms with Crippen LogP contribution in [0.25, 0.3) is 0 Å². The molecule has 0 fully saturated rings. The number of thioether (sulfide) groups is 1. The molecular weight excluding hydrogens is 170 g/mol. The second-order valence-corrected chi connectivity index (χ2v) is 4.59. The van der Waals surface area contributed by atoms with E-state index in [1.807, 2.05) is 16.7 Å². The molecule has 0 saturated heterocycles. The van der Waals surface area contributed by atoms with Crippen LogP contribution in [0.5, 0.6) is 0 Å². The van der Waals surface area contributed by atoms with Crippen LogP contribution < -0.4 is 0 Å². The highest BCUT2D eigenvalue weighted by molar-refractivity contribution is 8.00. The summed E-state index contributed by atoms with van der Waals surface area (Å²) in [4.78, 5) is 13.6. The van der Waals surface area contributed by atoms with Crippen molar-refractivity contribution in [2.75, 3.05) is 18.1 Å². The molecular formula is C9H13NOS. The summed E-state index contributed by atoms with van der Waals surface area (Å²) in [7, 11) is 0. The topological polar surface area (TPSA) is 20.3 Å². The first-order valence-corrected chi connectivity index (χ1v) is 5.45. The quantitative estimate of drug-likeness (QED) is 0.610. The predicted molar refractivity (Wildman–Crippen MR) is 51.2 cm³/mol. The Morgan fingerprint density at radius 2 is 2.17 bits per heavy atom. The van der Waals surface area contributed by atoms with Crippen LogP contribution in [0, 0.1) is 0 Å². The molecule has 0 aromatic carbocycles. The summed E-state index contributed by atoms with van der Waals surface area (Å²) in [6, 6.07) is 0.355. The molecule has 0 N–H and O–H groups in total. The third-order valence-electron chi connectivity index (χ3n) is 2.45. The fraction of sp³-hybridized carbons (Fsp3) is 0.667. The lowest BCUT2D eigenvalue weighted by atomic mass is 10.2. The Morgan fingerprint density at radius 3 is 2.75 bits per heavy atom. The average Bonchev–Trinajstić information content (AvgIpc) is 2.53. The fourth-order valence-electron chi connectivity index (χ4n) is 1.69. The third-order valence-corrected chi connectivity index (χ3v) is 3.50. The molecule has 0 bridgehead atoms. The summed E-state index contributed by atoms with van der Waals surface area (Å²) >= 11 is 1.86. The number of nitrogens with zero attached hydrogens (tertiary/aromatic N) is 1. The molecule has 0 spiro atoms. The Balaban J connectivity index is 2.18. The van der Waals surface area contributed by atoms with Crippen LogP contribution in [0.15, 0.2) is 11.1 Å². The molecule has 3 heteroatoms. The lowest BCUT2D eigenvalue weighted by Gasteiger charge is -2.22. The molecule has 2 nitrogen and oxygen atoms in total. The molecule has 12 heavy (non-hydrogen) atoms. The van der Waals surface area contributed by atoms with Crippen molar-refractivity contribution in [3.8, 4) is 0 Å². The highest BCUT2D eigenvalue weighted by Gasteiger charge is 2.34. The maximum absolute atomic E-state index is 11.7. The van der Waals surface area contributed by atoms with Crippen molar-refractivity contribution in [3.63, 3.8) is 0 Å². The molecule has 0 unspecified atom stereocenters. The summed E-state index contributed by atoms with van der Waals surface area (Å²) in [5.41, 5.74) is 2.47. The summed E-state index contributed by atoms with van der Waals surface area (Å²) in [5.74, 6) is 2.30. The first-order valence-electron chi connectivity index (χ1n) is 4.29. The number of hydrogen-bond acceptors (Lipinski definition) is 2. The zero-order valence-corrected chi connectivity index (χ0v) is 8.28. The molecule has 1 amide bonds. The van der Waals surface area contributed by atoms with Crippen molar-refractivity contribution in [3.05, 3.63) is 11.1 Å². The van der Waals surface area contributed by atoms with Crippen LogP contribution in [0.3, 0.4) is 0 Å². The van der Waals surface area contributed by atoms with E-state index >= 15 is 0 Å². The molecule has 2 heterocycles. The molecule has 2 aliphatic rings. The maximum Gasteiger partial charge on any atom is 0.251 e. The third kappa shape index (κ3) is 1.07. The van der Waals surface area contributed by atoms with Gasteiger partial charge in [0, 0.05) is 29.7 Å². The van der Waals surface area contributed by atoms with Gasteiger partial charge in [0.15, 0.2) is 0 Å². The molecule has 2 rings (SSSR count). The standard InChI is InChI=1S/C9H13NOS/c1-6(2)10-3-7-4-12-5-8(7)9(10)11/h6H,3-5H2,1-2H3. The maximum atomic E-state index is 11.7. The minimum Gasteiger partial charge on any atom is -0.332 e. The number of rotatable bonds is 1. The van der Waals surface area contributed by atoms with Crippen molar-refractivity contribution in [1.82, 2.24) is 4.90 Å². The van der Waals surface area contributed by atoms with E-state index in [4.69, 9.17) is 0 Å².